The molecule has 10 heteroatoms. The lowest BCUT2D eigenvalue weighted by Gasteiger charge is -2.37. The van der Waals surface area contributed by atoms with Crippen LogP contribution in [0.3, 0.4) is 0 Å². The second-order valence-electron chi connectivity index (χ2n) is 13.4. The van der Waals surface area contributed by atoms with E-state index in [1.54, 1.807) is 15.6 Å². The molecule has 0 bridgehead atoms. The number of anilines is 2. The summed E-state index contributed by atoms with van der Waals surface area (Å²) in [4.78, 5) is 18.2. The van der Waals surface area contributed by atoms with E-state index in [2.05, 4.69) is 85.9 Å². The van der Waals surface area contributed by atoms with E-state index in [1.807, 2.05) is 49.4 Å². The minimum absolute atomic E-state index is 0.159. The van der Waals surface area contributed by atoms with Crippen molar-refractivity contribution in [3.05, 3.63) is 101 Å². The Labute approximate surface area is 272 Å². The van der Waals surface area contributed by atoms with Gasteiger partial charge in [-0.3, -0.25) is 0 Å². The van der Waals surface area contributed by atoms with E-state index >= 15 is 0 Å². The highest BCUT2D eigenvalue weighted by atomic mass is 16.7. The van der Waals surface area contributed by atoms with E-state index in [9.17, 15) is 4.79 Å². The molecule has 2 atom stereocenters. The molecule has 46 heavy (non-hydrogen) atoms. The molecule has 0 saturated carbocycles. The van der Waals surface area contributed by atoms with Crippen LogP contribution in [-0.4, -0.2) is 65.0 Å². The Morgan fingerprint density at radius 3 is 1.87 bits per heavy atom. The lowest BCUT2D eigenvalue weighted by molar-refractivity contribution is 0.00578. The minimum atomic E-state index is -0.349. The highest BCUT2D eigenvalue weighted by Gasteiger charge is 2.51. The molecule has 3 heterocycles. The number of rotatable bonds is 10. The maximum atomic E-state index is 13.4. The molecule has 0 aliphatic carbocycles. The number of ether oxygens (including phenoxy) is 1. The molecule has 2 aliphatic rings. The number of hydrogen-bond donors (Lipinski definition) is 0. The van der Waals surface area contributed by atoms with Gasteiger partial charge in [-0.25, -0.2) is 14.0 Å². The quantitative estimate of drug-likeness (QED) is 0.225. The van der Waals surface area contributed by atoms with Crippen LogP contribution in [0.2, 0.25) is 0 Å². The van der Waals surface area contributed by atoms with Gasteiger partial charge in [-0.05, 0) is 88.5 Å². The smallest absolute Gasteiger partial charge is 0.399 e. The van der Waals surface area contributed by atoms with Crippen molar-refractivity contribution in [1.29, 1.82) is 0 Å². The predicted molar refractivity (Wildman–Crippen MR) is 184 cm³/mol. The third kappa shape index (κ3) is 6.52. The van der Waals surface area contributed by atoms with Gasteiger partial charge in [0.1, 0.15) is 6.33 Å². The summed E-state index contributed by atoms with van der Waals surface area (Å²) in [5.74, 6) is 0. The first-order valence-electron chi connectivity index (χ1n) is 16.4. The number of aromatic nitrogens is 3. The third-order valence-corrected chi connectivity index (χ3v) is 9.88. The van der Waals surface area contributed by atoms with Crippen molar-refractivity contribution in [3.8, 4) is 5.69 Å². The molecule has 0 spiro atoms. The average molecular weight is 624 g/mol. The molecule has 4 aromatic rings. The van der Waals surface area contributed by atoms with Gasteiger partial charge in [0.05, 0.1) is 35.6 Å². The van der Waals surface area contributed by atoms with Crippen molar-refractivity contribution in [2.45, 2.75) is 77.9 Å². The van der Waals surface area contributed by atoms with Crippen molar-refractivity contribution in [2.24, 2.45) is 0 Å². The van der Waals surface area contributed by atoms with E-state index in [4.69, 9.17) is 14.0 Å². The molecule has 242 valence electrons. The standard InChI is InChI=1S/C36H46BN5O4/c1-7-33(27(2)44-25-28-11-9-8-10-12-28)42-34(43)41(26-38-42)32-19-17-31(18-20-32)40-23-21-39(22-24-40)30-15-13-29(14-16-30)37-45-35(3,4)36(5,6)46-37/h8-20,26-27,33H,7,21-25H2,1-6H3. The molecule has 3 aromatic carbocycles. The Morgan fingerprint density at radius 2 is 1.33 bits per heavy atom. The molecular weight excluding hydrogens is 577 g/mol. The summed E-state index contributed by atoms with van der Waals surface area (Å²) in [5.41, 5.74) is 4.45. The van der Waals surface area contributed by atoms with Crippen LogP contribution in [0.15, 0.2) is 90.0 Å². The molecule has 1 aromatic heterocycles. The van der Waals surface area contributed by atoms with Crippen LogP contribution < -0.4 is 21.0 Å². The van der Waals surface area contributed by atoms with E-state index < -0.39 is 0 Å². The lowest BCUT2D eigenvalue weighted by Crippen LogP contribution is -2.46. The van der Waals surface area contributed by atoms with Gasteiger partial charge >= 0.3 is 12.8 Å². The fourth-order valence-electron chi connectivity index (χ4n) is 6.21. The summed E-state index contributed by atoms with van der Waals surface area (Å²) >= 11 is 0. The largest absolute Gasteiger partial charge is 0.494 e. The second-order valence-corrected chi connectivity index (χ2v) is 13.4. The number of benzene rings is 3. The summed E-state index contributed by atoms with van der Waals surface area (Å²) in [5, 5.41) is 4.49. The molecule has 2 unspecified atom stereocenters. The first-order chi connectivity index (χ1) is 22.1. The van der Waals surface area contributed by atoms with Gasteiger partial charge in [-0.15, -0.1) is 0 Å². The molecule has 0 N–H and O–H groups in total. The van der Waals surface area contributed by atoms with Gasteiger partial charge in [0.25, 0.3) is 0 Å². The lowest BCUT2D eigenvalue weighted by atomic mass is 9.79. The molecule has 2 aliphatic heterocycles. The molecule has 6 rings (SSSR count). The molecule has 2 saturated heterocycles. The van der Waals surface area contributed by atoms with Crippen LogP contribution in [-0.2, 0) is 20.7 Å². The summed E-state index contributed by atoms with van der Waals surface area (Å²) in [7, 11) is -0.348. The zero-order valence-electron chi connectivity index (χ0n) is 27.9. The maximum Gasteiger partial charge on any atom is 0.494 e. The highest BCUT2D eigenvalue weighted by Crippen LogP contribution is 2.36. The van der Waals surface area contributed by atoms with Crippen LogP contribution in [0.1, 0.15) is 59.6 Å². The Morgan fingerprint density at radius 1 is 0.804 bits per heavy atom. The van der Waals surface area contributed by atoms with Gasteiger partial charge in [-0.2, -0.15) is 5.10 Å². The van der Waals surface area contributed by atoms with Gasteiger partial charge in [0.15, 0.2) is 0 Å². The first-order valence-corrected chi connectivity index (χ1v) is 16.4. The van der Waals surface area contributed by atoms with Crippen molar-refractivity contribution >= 4 is 24.0 Å². The first kappa shape index (κ1) is 32.1. The van der Waals surface area contributed by atoms with Crippen molar-refractivity contribution in [3.63, 3.8) is 0 Å². The molecule has 0 radical (unpaired) electrons. The monoisotopic (exact) mass is 623 g/mol. The summed E-state index contributed by atoms with van der Waals surface area (Å²) in [6.07, 6.45) is 2.18. The fourth-order valence-corrected chi connectivity index (χ4v) is 6.21. The van der Waals surface area contributed by atoms with Crippen molar-refractivity contribution in [2.75, 3.05) is 36.0 Å². The molecular formula is C36H46BN5O4. The van der Waals surface area contributed by atoms with Crippen LogP contribution >= 0.6 is 0 Å². The van der Waals surface area contributed by atoms with E-state index in [1.165, 1.54) is 5.69 Å². The Kier molecular flexibility index (Phi) is 9.14. The molecule has 0 amide bonds. The Balaban J connectivity index is 1.05. The number of piperazine rings is 1. The van der Waals surface area contributed by atoms with Crippen LogP contribution in [0.5, 0.6) is 0 Å². The van der Waals surface area contributed by atoms with Gasteiger partial charge < -0.3 is 23.8 Å². The van der Waals surface area contributed by atoms with Crippen molar-refractivity contribution < 1.29 is 14.0 Å². The molecule has 2 fully saturated rings. The predicted octanol–water partition coefficient (Wildman–Crippen LogP) is 5.22. The minimum Gasteiger partial charge on any atom is -0.399 e. The fraction of sp³-hybridized carbons (Fsp3) is 0.444. The Bertz CT molecular complexity index is 1630. The maximum absolute atomic E-state index is 13.4. The topological polar surface area (TPSA) is 74.0 Å². The molecule has 9 nitrogen and oxygen atoms in total. The van der Waals surface area contributed by atoms with Gasteiger partial charge in [0.2, 0.25) is 0 Å². The van der Waals surface area contributed by atoms with E-state index in [0.717, 1.165) is 55.0 Å². The highest BCUT2D eigenvalue weighted by molar-refractivity contribution is 6.62. The Hall–Kier alpha value is -3.86. The van der Waals surface area contributed by atoms with Crippen LogP contribution in [0.25, 0.3) is 5.69 Å². The van der Waals surface area contributed by atoms with E-state index in [-0.39, 0.29) is 36.2 Å². The third-order valence-electron chi connectivity index (χ3n) is 9.88. The SMILES string of the molecule is CCC(C(C)OCc1ccccc1)n1ncn(-c2ccc(N3CCN(c4ccc(B5OC(C)(C)C(C)(C)O5)cc4)CC3)cc2)c1=O. The zero-order chi connectivity index (χ0) is 32.5. The van der Waals surface area contributed by atoms with Gasteiger partial charge in [0, 0.05) is 37.6 Å². The summed E-state index contributed by atoms with van der Waals surface area (Å²) < 4.78 is 21.7. The van der Waals surface area contributed by atoms with Crippen LogP contribution in [0.4, 0.5) is 11.4 Å². The average Bonchev–Trinajstić information content (AvgIpc) is 3.55. The zero-order valence-corrected chi connectivity index (χ0v) is 27.9. The number of hydrogen-bond acceptors (Lipinski definition) is 7. The summed E-state index contributed by atoms with van der Waals surface area (Å²) in [6, 6.07) is 26.7. The van der Waals surface area contributed by atoms with E-state index in [0.29, 0.717) is 6.61 Å². The van der Waals surface area contributed by atoms with Crippen molar-refractivity contribution in [1.82, 2.24) is 14.3 Å². The van der Waals surface area contributed by atoms with Crippen LogP contribution in [0, 0.1) is 0 Å². The van der Waals surface area contributed by atoms with Gasteiger partial charge in [-0.1, -0.05) is 49.4 Å². The number of nitrogens with zero attached hydrogens (tertiary/aromatic N) is 5. The normalized spacial score (nSPS) is 19.0. The summed E-state index contributed by atoms with van der Waals surface area (Å²) in [6.45, 7) is 16.6. The second kappa shape index (κ2) is 13.1.